The second-order valence-electron chi connectivity index (χ2n) is 4.53. The highest BCUT2D eigenvalue weighted by Crippen LogP contribution is 2.36. The summed E-state index contributed by atoms with van der Waals surface area (Å²) in [4.78, 5) is 24.8. The highest BCUT2D eigenvalue weighted by molar-refractivity contribution is 5.98. The van der Waals surface area contributed by atoms with E-state index in [4.69, 9.17) is 0 Å². The summed E-state index contributed by atoms with van der Waals surface area (Å²) in [5.41, 5.74) is 1.33. The molecule has 1 heterocycles. The smallest absolute Gasteiger partial charge is 0.322 e. The largest absolute Gasteiger partial charge is 0.481 e. The summed E-state index contributed by atoms with van der Waals surface area (Å²) in [5.74, 6) is -1.58. The van der Waals surface area contributed by atoms with Crippen LogP contribution >= 0.6 is 0 Å². The number of carboxylic acids is 1. The minimum atomic E-state index is -0.917. The number of amides is 2. The lowest BCUT2D eigenvalue weighted by molar-refractivity contribution is -0.138. The number of carboxylic acid groups (broad SMARTS) is 1. The molecule has 0 spiro atoms. The number of hydrogen-bond acceptors (Lipinski definition) is 2. The SMILES string of the molecule is C=CC(C)NC(=O)N1CC(C(=O)O)c2ccccc21. The Morgan fingerprint density at radius 1 is 1.53 bits per heavy atom. The first-order valence-corrected chi connectivity index (χ1v) is 6.07. The molecule has 0 radical (unpaired) electrons. The molecule has 19 heavy (non-hydrogen) atoms. The van der Waals surface area contributed by atoms with Crippen molar-refractivity contribution in [2.45, 2.75) is 18.9 Å². The first-order valence-electron chi connectivity index (χ1n) is 6.07. The predicted octanol–water partition coefficient (Wildman–Crippen LogP) is 1.96. The van der Waals surface area contributed by atoms with E-state index < -0.39 is 11.9 Å². The predicted molar refractivity (Wildman–Crippen MR) is 72.4 cm³/mol. The number of aliphatic carboxylic acids is 1. The molecule has 2 amide bonds. The zero-order valence-electron chi connectivity index (χ0n) is 10.7. The lowest BCUT2D eigenvalue weighted by Gasteiger charge is -2.20. The van der Waals surface area contributed by atoms with Gasteiger partial charge in [0.05, 0.1) is 0 Å². The minimum Gasteiger partial charge on any atom is -0.481 e. The summed E-state index contributed by atoms with van der Waals surface area (Å²) in [5, 5.41) is 12.0. The van der Waals surface area contributed by atoms with Crippen LogP contribution < -0.4 is 10.2 Å². The van der Waals surface area contributed by atoms with Gasteiger partial charge in [-0.05, 0) is 18.6 Å². The molecule has 1 aliphatic heterocycles. The average Bonchev–Trinajstić information content (AvgIpc) is 2.78. The number of rotatable bonds is 3. The maximum absolute atomic E-state index is 12.1. The van der Waals surface area contributed by atoms with Crippen LogP contribution in [0.2, 0.25) is 0 Å². The standard InChI is InChI=1S/C14H16N2O3/c1-3-9(2)15-14(19)16-8-11(13(17)18)10-6-4-5-7-12(10)16/h3-7,9,11H,1,8H2,2H3,(H,15,19)(H,17,18). The van der Waals surface area contributed by atoms with Gasteiger partial charge in [0.25, 0.3) is 0 Å². The van der Waals surface area contributed by atoms with Crippen molar-refractivity contribution < 1.29 is 14.7 Å². The number of carbonyl (C=O) groups excluding carboxylic acids is 1. The lowest BCUT2D eigenvalue weighted by Crippen LogP contribution is -2.43. The van der Waals surface area contributed by atoms with E-state index in [2.05, 4.69) is 11.9 Å². The van der Waals surface area contributed by atoms with E-state index in [0.29, 0.717) is 11.3 Å². The van der Waals surface area contributed by atoms with Crippen LogP contribution in [0.1, 0.15) is 18.4 Å². The van der Waals surface area contributed by atoms with Crippen LogP contribution in [0.3, 0.4) is 0 Å². The third-order valence-electron chi connectivity index (χ3n) is 3.22. The number of nitrogens with one attached hydrogen (secondary N) is 1. The second kappa shape index (κ2) is 5.14. The lowest BCUT2D eigenvalue weighted by atomic mass is 10.0. The monoisotopic (exact) mass is 260 g/mol. The van der Waals surface area contributed by atoms with Crippen molar-refractivity contribution in [2.75, 3.05) is 11.4 Å². The molecule has 1 aromatic rings. The van der Waals surface area contributed by atoms with Crippen molar-refractivity contribution in [1.29, 1.82) is 0 Å². The fourth-order valence-electron chi connectivity index (χ4n) is 2.14. The summed E-state index contributed by atoms with van der Waals surface area (Å²) >= 11 is 0. The van der Waals surface area contributed by atoms with E-state index in [1.54, 1.807) is 30.3 Å². The number of anilines is 1. The molecule has 2 unspecified atom stereocenters. The van der Waals surface area contributed by atoms with E-state index in [1.807, 2.05) is 6.92 Å². The van der Waals surface area contributed by atoms with Crippen LogP contribution in [0.15, 0.2) is 36.9 Å². The van der Waals surface area contributed by atoms with Gasteiger partial charge in [-0.2, -0.15) is 0 Å². The number of fused-ring (bicyclic) bond motifs is 1. The highest BCUT2D eigenvalue weighted by Gasteiger charge is 2.36. The molecule has 100 valence electrons. The maximum Gasteiger partial charge on any atom is 0.322 e. The van der Waals surface area contributed by atoms with Crippen LogP contribution in [-0.4, -0.2) is 29.7 Å². The number of para-hydroxylation sites is 1. The summed E-state index contributed by atoms with van der Waals surface area (Å²) in [7, 11) is 0. The minimum absolute atomic E-state index is 0.157. The fourth-order valence-corrected chi connectivity index (χ4v) is 2.14. The van der Waals surface area contributed by atoms with E-state index in [9.17, 15) is 14.7 Å². The zero-order valence-corrected chi connectivity index (χ0v) is 10.7. The van der Waals surface area contributed by atoms with Gasteiger partial charge in [-0.15, -0.1) is 6.58 Å². The Labute approximate surface area is 111 Å². The molecule has 0 bridgehead atoms. The molecule has 5 heteroatoms. The quantitative estimate of drug-likeness (QED) is 0.816. The molecule has 0 fully saturated rings. The molecule has 0 aromatic heterocycles. The Kier molecular flexibility index (Phi) is 3.55. The third-order valence-corrected chi connectivity index (χ3v) is 3.22. The molecule has 0 saturated carbocycles. The summed E-state index contributed by atoms with van der Waals surface area (Å²) in [6, 6.07) is 6.62. The fraction of sp³-hybridized carbons (Fsp3) is 0.286. The third kappa shape index (κ3) is 2.45. The van der Waals surface area contributed by atoms with Crippen LogP contribution in [0, 0.1) is 0 Å². The molecule has 0 aliphatic carbocycles. The molecule has 1 aromatic carbocycles. The number of benzene rings is 1. The van der Waals surface area contributed by atoms with Crippen molar-refractivity contribution in [3.05, 3.63) is 42.5 Å². The van der Waals surface area contributed by atoms with E-state index >= 15 is 0 Å². The number of urea groups is 1. The average molecular weight is 260 g/mol. The van der Waals surface area contributed by atoms with Gasteiger partial charge in [-0.25, -0.2) is 4.79 Å². The number of hydrogen-bond donors (Lipinski definition) is 2. The van der Waals surface area contributed by atoms with E-state index in [0.717, 1.165) is 0 Å². The molecule has 2 rings (SSSR count). The van der Waals surface area contributed by atoms with Gasteiger partial charge in [-0.3, -0.25) is 9.69 Å². The van der Waals surface area contributed by atoms with Gasteiger partial charge in [0, 0.05) is 18.3 Å². The van der Waals surface area contributed by atoms with E-state index in [1.165, 1.54) is 4.90 Å². The van der Waals surface area contributed by atoms with Gasteiger partial charge in [0.1, 0.15) is 5.92 Å². The van der Waals surface area contributed by atoms with Gasteiger partial charge in [0.2, 0.25) is 0 Å². The molecular formula is C14H16N2O3. The van der Waals surface area contributed by atoms with Crippen LogP contribution in [0.5, 0.6) is 0 Å². The van der Waals surface area contributed by atoms with Crippen molar-refractivity contribution in [3.63, 3.8) is 0 Å². The van der Waals surface area contributed by atoms with Gasteiger partial charge < -0.3 is 10.4 Å². The Morgan fingerprint density at radius 2 is 2.21 bits per heavy atom. The molecule has 2 N–H and O–H groups in total. The van der Waals surface area contributed by atoms with Crippen LogP contribution in [0.25, 0.3) is 0 Å². The molecule has 0 saturated heterocycles. The highest BCUT2D eigenvalue weighted by atomic mass is 16.4. The molecule has 1 aliphatic rings. The maximum atomic E-state index is 12.1. The summed E-state index contributed by atoms with van der Waals surface area (Å²) in [6.07, 6.45) is 1.62. The van der Waals surface area contributed by atoms with Crippen LogP contribution in [0.4, 0.5) is 10.5 Å². The molecular weight excluding hydrogens is 244 g/mol. The zero-order chi connectivity index (χ0) is 14.0. The number of carbonyl (C=O) groups is 2. The normalized spacial score (nSPS) is 18.6. The second-order valence-corrected chi connectivity index (χ2v) is 4.53. The Bertz CT molecular complexity index is 527. The summed E-state index contributed by atoms with van der Waals surface area (Å²) < 4.78 is 0. The van der Waals surface area contributed by atoms with Gasteiger partial charge in [0.15, 0.2) is 0 Å². The van der Waals surface area contributed by atoms with Crippen molar-refractivity contribution >= 4 is 17.7 Å². The topological polar surface area (TPSA) is 69.6 Å². The van der Waals surface area contributed by atoms with Crippen molar-refractivity contribution in [2.24, 2.45) is 0 Å². The summed E-state index contributed by atoms with van der Waals surface area (Å²) in [6.45, 7) is 5.56. The van der Waals surface area contributed by atoms with Crippen LogP contribution in [-0.2, 0) is 4.79 Å². The van der Waals surface area contributed by atoms with Crippen molar-refractivity contribution in [1.82, 2.24) is 5.32 Å². The Balaban J connectivity index is 2.27. The van der Waals surface area contributed by atoms with Crippen molar-refractivity contribution in [3.8, 4) is 0 Å². The number of nitrogens with zero attached hydrogens (tertiary/aromatic N) is 1. The Morgan fingerprint density at radius 3 is 2.84 bits per heavy atom. The van der Waals surface area contributed by atoms with E-state index in [-0.39, 0.29) is 18.6 Å². The molecule has 5 nitrogen and oxygen atoms in total. The first-order chi connectivity index (χ1) is 9.04. The first kappa shape index (κ1) is 13.1. The molecule has 2 atom stereocenters. The van der Waals surface area contributed by atoms with Gasteiger partial charge >= 0.3 is 12.0 Å². The van der Waals surface area contributed by atoms with Gasteiger partial charge in [-0.1, -0.05) is 24.3 Å². The Hall–Kier alpha value is -2.30.